The van der Waals surface area contributed by atoms with Crippen LogP contribution in [0.5, 0.6) is 0 Å². The predicted octanol–water partition coefficient (Wildman–Crippen LogP) is 3.29. The van der Waals surface area contributed by atoms with Gasteiger partial charge in [0, 0.05) is 36.3 Å². The van der Waals surface area contributed by atoms with Crippen molar-refractivity contribution in [2.75, 3.05) is 31.2 Å². The number of hydrogen-bond donors (Lipinski definition) is 0. The second kappa shape index (κ2) is 9.79. The average Bonchev–Trinajstić information content (AvgIpc) is 3.16. The monoisotopic (exact) mass is 462 g/mol. The van der Waals surface area contributed by atoms with E-state index in [0.29, 0.717) is 22.2 Å². The van der Waals surface area contributed by atoms with Crippen LogP contribution in [0.2, 0.25) is 0 Å². The average molecular weight is 462 g/mol. The summed E-state index contributed by atoms with van der Waals surface area (Å²) < 4.78 is 43.3. The van der Waals surface area contributed by atoms with E-state index in [9.17, 15) is 23.3 Å². The van der Waals surface area contributed by atoms with Gasteiger partial charge in [-0.1, -0.05) is 0 Å². The molecule has 1 heterocycles. The van der Waals surface area contributed by atoms with Crippen molar-refractivity contribution in [3.8, 4) is 0 Å². The number of nitro benzene ring substituents is 1. The molecule has 3 aromatic rings. The van der Waals surface area contributed by atoms with Crippen LogP contribution in [0.3, 0.4) is 0 Å². The Hall–Kier alpha value is -3.44. The van der Waals surface area contributed by atoms with E-state index in [2.05, 4.69) is 0 Å². The Morgan fingerprint density at radius 1 is 1.19 bits per heavy atom. The fraction of sp³-hybridized carbons (Fsp3) is 0.286. The molecule has 0 unspecified atom stereocenters. The number of rotatable bonds is 10. The summed E-state index contributed by atoms with van der Waals surface area (Å²) in [7, 11) is -2.59. The van der Waals surface area contributed by atoms with Gasteiger partial charge in [0.15, 0.2) is 0 Å². The summed E-state index contributed by atoms with van der Waals surface area (Å²) in [5, 5.41) is 11.5. The number of esters is 1. The topological polar surface area (TPSA) is 129 Å². The summed E-state index contributed by atoms with van der Waals surface area (Å²) in [6, 6.07) is 9.49. The summed E-state index contributed by atoms with van der Waals surface area (Å²) in [4.78, 5) is 22.0. The van der Waals surface area contributed by atoms with E-state index >= 15 is 0 Å². The first-order chi connectivity index (χ1) is 15.3. The quantitative estimate of drug-likeness (QED) is 0.255. The molecule has 0 bridgehead atoms. The standard InChI is InChI=1S/C21H22N2O8S/c1-3-30-21(24)12-15-14-31-20-13-17(6-9-19(15)20)22(10-11-29-2)32(27,28)18-7-4-16(5-8-18)23(25)26/h4-9,13-14H,3,10-12H2,1-2H3. The van der Waals surface area contributed by atoms with E-state index in [0.717, 1.165) is 16.4 Å². The van der Waals surface area contributed by atoms with Crippen LogP contribution >= 0.6 is 0 Å². The van der Waals surface area contributed by atoms with Gasteiger partial charge >= 0.3 is 5.97 Å². The zero-order chi connectivity index (χ0) is 23.3. The zero-order valence-corrected chi connectivity index (χ0v) is 18.3. The molecule has 0 saturated heterocycles. The number of anilines is 1. The highest BCUT2D eigenvalue weighted by Crippen LogP contribution is 2.30. The van der Waals surface area contributed by atoms with Gasteiger partial charge in [-0.25, -0.2) is 8.42 Å². The van der Waals surface area contributed by atoms with Crippen LogP contribution in [-0.4, -0.2) is 46.2 Å². The van der Waals surface area contributed by atoms with Gasteiger partial charge in [-0.3, -0.25) is 19.2 Å². The fourth-order valence-electron chi connectivity index (χ4n) is 3.16. The number of non-ortho nitro benzene ring substituents is 1. The third-order valence-corrected chi connectivity index (χ3v) is 6.54. The van der Waals surface area contributed by atoms with Crippen LogP contribution in [0.4, 0.5) is 11.4 Å². The van der Waals surface area contributed by atoms with Crippen molar-refractivity contribution in [3.63, 3.8) is 0 Å². The van der Waals surface area contributed by atoms with E-state index < -0.39 is 14.9 Å². The number of hydrogen-bond acceptors (Lipinski definition) is 8. The Bertz CT molecular complexity index is 1220. The molecule has 3 rings (SSSR count). The SMILES string of the molecule is CCOC(=O)Cc1coc2cc(N(CCOC)S(=O)(=O)c3ccc([N+](=O)[O-])cc3)ccc12. The van der Waals surface area contributed by atoms with Crippen molar-refractivity contribution in [3.05, 3.63) is 64.4 Å². The second-order valence-electron chi connectivity index (χ2n) is 6.74. The van der Waals surface area contributed by atoms with Gasteiger partial charge < -0.3 is 13.9 Å². The Labute approximate surface area is 184 Å². The Morgan fingerprint density at radius 2 is 1.91 bits per heavy atom. The molecule has 0 radical (unpaired) electrons. The molecule has 0 N–H and O–H groups in total. The van der Waals surface area contributed by atoms with E-state index in [-0.39, 0.29) is 42.7 Å². The first kappa shape index (κ1) is 23.2. The van der Waals surface area contributed by atoms with Crippen LogP contribution in [0.25, 0.3) is 11.0 Å². The minimum atomic E-state index is -4.04. The van der Waals surface area contributed by atoms with Crippen LogP contribution in [0.1, 0.15) is 12.5 Å². The van der Waals surface area contributed by atoms with E-state index in [1.807, 2.05) is 0 Å². The maximum Gasteiger partial charge on any atom is 0.310 e. The first-order valence-electron chi connectivity index (χ1n) is 9.69. The van der Waals surface area contributed by atoms with Crippen molar-refractivity contribution >= 4 is 38.3 Å². The molecule has 0 saturated carbocycles. The molecule has 0 spiro atoms. The van der Waals surface area contributed by atoms with E-state index in [1.165, 1.54) is 25.5 Å². The molecule has 10 nitrogen and oxygen atoms in total. The lowest BCUT2D eigenvalue weighted by molar-refractivity contribution is -0.384. The van der Waals surface area contributed by atoms with Gasteiger partial charge in [0.2, 0.25) is 0 Å². The van der Waals surface area contributed by atoms with Gasteiger partial charge in [-0.15, -0.1) is 0 Å². The van der Waals surface area contributed by atoms with E-state index in [1.54, 1.807) is 25.1 Å². The molecule has 0 aliphatic rings. The highest BCUT2D eigenvalue weighted by Gasteiger charge is 2.26. The smallest absolute Gasteiger partial charge is 0.310 e. The lowest BCUT2D eigenvalue weighted by Crippen LogP contribution is -2.34. The Kier molecular flexibility index (Phi) is 7.11. The molecule has 2 aromatic carbocycles. The van der Waals surface area contributed by atoms with Crippen LogP contribution in [-0.2, 0) is 30.7 Å². The minimum Gasteiger partial charge on any atom is -0.466 e. The summed E-state index contributed by atoms with van der Waals surface area (Å²) in [5.41, 5.74) is 1.15. The highest BCUT2D eigenvalue weighted by molar-refractivity contribution is 7.92. The van der Waals surface area contributed by atoms with E-state index in [4.69, 9.17) is 13.9 Å². The number of benzene rings is 2. The van der Waals surface area contributed by atoms with Crippen LogP contribution < -0.4 is 4.31 Å². The predicted molar refractivity (Wildman–Crippen MR) is 116 cm³/mol. The third kappa shape index (κ3) is 4.89. The number of carbonyl (C=O) groups excluding carboxylic acids is 1. The van der Waals surface area contributed by atoms with Crippen molar-refractivity contribution in [1.29, 1.82) is 0 Å². The molecule has 0 atom stereocenters. The normalized spacial score (nSPS) is 11.4. The van der Waals surface area contributed by atoms with Crippen LogP contribution in [0, 0.1) is 10.1 Å². The molecular weight excluding hydrogens is 440 g/mol. The Balaban J connectivity index is 1.97. The molecule has 0 aliphatic carbocycles. The highest BCUT2D eigenvalue weighted by atomic mass is 32.2. The van der Waals surface area contributed by atoms with Gasteiger partial charge in [0.25, 0.3) is 15.7 Å². The van der Waals surface area contributed by atoms with Gasteiger partial charge in [0.1, 0.15) is 5.58 Å². The Morgan fingerprint density at radius 3 is 2.53 bits per heavy atom. The summed E-state index contributed by atoms with van der Waals surface area (Å²) in [6.07, 6.45) is 1.48. The largest absolute Gasteiger partial charge is 0.466 e. The minimum absolute atomic E-state index is 0.0116. The maximum absolute atomic E-state index is 13.3. The number of nitro groups is 1. The number of methoxy groups -OCH3 is 1. The van der Waals surface area contributed by atoms with Gasteiger partial charge in [-0.2, -0.15) is 0 Å². The van der Waals surface area contributed by atoms with Gasteiger partial charge in [0.05, 0.1) is 47.9 Å². The second-order valence-corrected chi connectivity index (χ2v) is 8.61. The maximum atomic E-state index is 13.3. The summed E-state index contributed by atoms with van der Waals surface area (Å²) in [6.45, 7) is 2.12. The number of ether oxygens (including phenoxy) is 2. The summed E-state index contributed by atoms with van der Waals surface area (Å²) >= 11 is 0. The number of sulfonamides is 1. The third-order valence-electron chi connectivity index (χ3n) is 4.70. The molecule has 32 heavy (non-hydrogen) atoms. The van der Waals surface area contributed by atoms with Crippen molar-refractivity contribution in [2.45, 2.75) is 18.2 Å². The van der Waals surface area contributed by atoms with Crippen LogP contribution in [0.15, 0.2) is 58.0 Å². The lowest BCUT2D eigenvalue weighted by Gasteiger charge is -2.24. The number of nitrogens with zero attached hydrogens (tertiary/aromatic N) is 2. The van der Waals surface area contributed by atoms with Gasteiger partial charge in [-0.05, 0) is 31.2 Å². The molecule has 0 amide bonds. The lowest BCUT2D eigenvalue weighted by atomic mass is 10.1. The number of fused-ring (bicyclic) bond motifs is 1. The number of carbonyl (C=O) groups is 1. The molecule has 0 fully saturated rings. The zero-order valence-electron chi connectivity index (χ0n) is 17.5. The molecule has 11 heteroatoms. The molecular formula is C21H22N2O8S. The first-order valence-corrected chi connectivity index (χ1v) is 11.1. The fourth-order valence-corrected chi connectivity index (χ4v) is 4.60. The molecule has 0 aliphatic heterocycles. The molecule has 170 valence electrons. The molecule has 1 aromatic heterocycles. The number of furan rings is 1. The summed E-state index contributed by atoms with van der Waals surface area (Å²) in [5.74, 6) is -0.387. The van der Waals surface area contributed by atoms with Crippen molar-refractivity contribution in [2.24, 2.45) is 0 Å². The van der Waals surface area contributed by atoms with Crippen molar-refractivity contribution in [1.82, 2.24) is 0 Å². The van der Waals surface area contributed by atoms with Crippen molar-refractivity contribution < 1.29 is 32.0 Å².